The first kappa shape index (κ1) is 17.5. The molecule has 0 saturated heterocycles. The number of hydrogen-bond acceptors (Lipinski definition) is 2. The molecule has 26 heavy (non-hydrogen) atoms. The number of benzene rings is 2. The standard InChI is InChI=1S/C22H21N3O/c1-16-12-17(2)14-19(13-16)24-22(26)9-8-18-15-25(11-5-10-23)21-7-4-3-6-20(18)21/h3-4,6-9,12-15H,5,11H2,1-2H3,(H,24,26)/b9-8+. The molecule has 0 bridgehead atoms. The highest BCUT2D eigenvalue weighted by atomic mass is 16.1. The molecule has 1 heterocycles. The lowest BCUT2D eigenvalue weighted by Crippen LogP contribution is -2.08. The first-order chi connectivity index (χ1) is 12.6. The molecule has 2 aromatic carbocycles. The van der Waals surface area contributed by atoms with Crippen LogP contribution in [0.3, 0.4) is 0 Å². The summed E-state index contributed by atoms with van der Waals surface area (Å²) in [6, 6.07) is 16.2. The summed E-state index contributed by atoms with van der Waals surface area (Å²) < 4.78 is 2.06. The Morgan fingerprint density at radius 1 is 1.19 bits per heavy atom. The Kier molecular flexibility index (Phi) is 5.19. The van der Waals surface area contributed by atoms with Crippen LogP contribution < -0.4 is 5.32 Å². The van der Waals surface area contributed by atoms with Gasteiger partial charge in [-0.3, -0.25) is 4.79 Å². The number of rotatable bonds is 5. The Morgan fingerprint density at radius 2 is 1.92 bits per heavy atom. The number of carbonyl (C=O) groups excluding carboxylic acids is 1. The number of carbonyl (C=O) groups is 1. The molecule has 4 heteroatoms. The molecular formula is C22H21N3O. The lowest BCUT2D eigenvalue weighted by atomic mass is 10.1. The van der Waals surface area contributed by atoms with Gasteiger partial charge in [0.2, 0.25) is 5.91 Å². The molecule has 0 aliphatic heterocycles. The number of para-hydroxylation sites is 1. The number of nitriles is 1. The van der Waals surface area contributed by atoms with E-state index in [1.165, 1.54) is 0 Å². The average molecular weight is 343 g/mol. The molecule has 0 saturated carbocycles. The van der Waals surface area contributed by atoms with Crippen molar-refractivity contribution in [3.8, 4) is 6.07 Å². The maximum absolute atomic E-state index is 12.3. The summed E-state index contributed by atoms with van der Waals surface area (Å²) in [5.41, 5.74) is 5.06. The van der Waals surface area contributed by atoms with Gasteiger partial charge in [-0.15, -0.1) is 0 Å². The second-order valence-electron chi connectivity index (χ2n) is 6.40. The number of fused-ring (bicyclic) bond motifs is 1. The smallest absolute Gasteiger partial charge is 0.248 e. The number of hydrogen-bond donors (Lipinski definition) is 1. The summed E-state index contributed by atoms with van der Waals surface area (Å²) in [5.74, 6) is -0.163. The molecule has 4 nitrogen and oxygen atoms in total. The predicted molar refractivity (Wildman–Crippen MR) is 106 cm³/mol. The van der Waals surface area contributed by atoms with Crippen molar-refractivity contribution in [2.75, 3.05) is 5.32 Å². The van der Waals surface area contributed by atoms with Crippen LogP contribution in [0.5, 0.6) is 0 Å². The SMILES string of the molecule is Cc1cc(C)cc(NC(=O)/C=C/c2cn(CCC#N)c3ccccc23)c1. The van der Waals surface area contributed by atoms with Crippen LogP contribution in [0.15, 0.2) is 54.7 Å². The van der Waals surface area contributed by atoms with Gasteiger partial charge in [-0.05, 0) is 49.2 Å². The number of aryl methyl sites for hydroxylation is 3. The molecule has 130 valence electrons. The Bertz CT molecular complexity index is 1000. The van der Waals surface area contributed by atoms with E-state index in [0.29, 0.717) is 13.0 Å². The van der Waals surface area contributed by atoms with Crippen LogP contribution in [-0.4, -0.2) is 10.5 Å². The molecule has 0 spiro atoms. The molecule has 1 aromatic heterocycles. The van der Waals surface area contributed by atoms with E-state index in [-0.39, 0.29) is 5.91 Å². The maximum Gasteiger partial charge on any atom is 0.248 e. The number of anilines is 1. The number of amides is 1. The fourth-order valence-electron chi connectivity index (χ4n) is 3.16. The van der Waals surface area contributed by atoms with E-state index in [1.807, 2.05) is 62.5 Å². The summed E-state index contributed by atoms with van der Waals surface area (Å²) in [6.45, 7) is 4.66. The first-order valence-corrected chi connectivity index (χ1v) is 8.59. The molecule has 0 radical (unpaired) electrons. The van der Waals surface area contributed by atoms with Gasteiger partial charge in [-0.2, -0.15) is 5.26 Å². The molecule has 0 unspecified atom stereocenters. The minimum atomic E-state index is -0.163. The van der Waals surface area contributed by atoms with Gasteiger partial charge in [0.15, 0.2) is 0 Å². The van der Waals surface area contributed by atoms with Gasteiger partial charge in [0, 0.05) is 41.0 Å². The second-order valence-corrected chi connectivity index (χ2v) is 6.40. The lowest BCUT2D eigenvalue weighted by Gasteiger charge is -2.05. The van der Waals surface area contributed by atoms with Crippen molar-refractivity contribution in [3.05, 3.63) is 71.4 Å². The monoisotopic (exact) mass is 343 g/mol. The zero-order valence-electron chi connectivity index (χ0n) is 15.0. The maximum atomic E-state index is 12.3. The Labute approximate surface area is 153 Å². The van der Waals surface area contributed by atoms with Gasteiger partial charge >= 0.3 is 0 Å². The van der Waals surface area contributed by atoms with E-state index >= 15 is 0 Å². The lowest BCUT2D eigenvalue weighted by molar-refractivity contribution is -0.111. The predicted octanol–water partition coefficient (Wildman–Crippen LogP) is 4.82. The van der Waals surface area contributed by atoms with Crippen LogP contribution in [-0.2, 0) is 11.3 Å². The average Bonchev–Trinajstić information content (AvgIpc) is 2.95. The summed E-state index contributed by atoms with van der Waals surface area (Å²) >= 11 is 0. The molecule has 3 rings (SSSR count). The number of nitrogens with zero attached hydrogens (tertiary/aromatic N) is 2. The summed E-state index contributed by atoms with van der Waals surface area (Å²) in [5, 5.41) is 12.8. The van der Waals surface area contributed by atoms with Crippen molar-refractivity contribution in [3.63, 3.8) is 0 Å². The van der Waals surface area contributed by atoms with Crippen molar-refractivity contribution >= 4 is 28.6 Å². The zero-order chi connectivity index (χ0) is 18.5. The van der Waals surface area contributed by atoms with Gasteiger partial charge < -0.3 is 9.88 Å². The third kappa shape index (κ3) is 4.01. The van der Waals surface area contributed by atoms with Gasteiger partial charge in [0.1, 0.15) is 0 Å². The van der Waals surface area contributed by atoms with E-state index in [1.54, 1.807) is 6.08 Å². The van der Waals surface area contributed by atoms with Crippen LogP contribution in [0.25, 0.3) is 17.0 Å². The Hall–Kier alpha value is -3.32. The normalized spacial score (nSPS) is 11.0. The van der Waals surface area contributed by atoms with Crippen molar-refractivity contribution in [1.29, 1.82) is 5.26 Å². The van der Waals surface area contributed by atoms with E-state index in [2.05, 4.69) is 22.0 Å². The molecule has 0 aliphatic carbocycles. The summed E-state index contributed by atoms with van der Waals surface area (Å²) in [7, 11) is 0. The van der Waals surface area contributed by atoms with Crippen LogP contribution in [0.1, 0.15) is 23.1 Å². The Balaban J connectivity index is 1.81. The number of aromatic nitrogens is 1. The van der Waals surface area contributed by atoms with Crippen molar-refractivity contribution in [1.82, 2.24) is 4.57 Å². The third-order valence-corrected chi connectivity index (χ3v) is 4.19. The molecular weight excluding hydrogens is 322 g/mol. The third-order valence-electron chi connectivity index (χ3n) is 4.19. The van der Waals surface area contributed by atoms with Gasteiger partial charge in [-0.25, -0.2) is 0 Å². The zero-order valence-corrected chi connectivity index (χ0v) is 15.0. The summed E-state index contributed by atoms with van der Waals surface area (Å²) in [6.07, 6.45) is 5.81. The molecule has 0 aliphatic rings. The largest absolute Gasteiger partial charge is 0.346 e. The van der Waals surface area contributed by atoms with Crippen LogP contribution >= 0.6 is 0 Å². The summed E-state index contributed by atoms with van der Waals surface area (Å²) in [4.78, 5) is 12.3. The quantitative estimate of drug-likeness (QED) is 0.675. The van der Waals surface area contributed by atoms with Crippen LogP contribution in [0.2, 0.25) is 0 Å². The number of nitrogens with one attached hydrogen (secondary N) is 1. The highest BCUT2D eigenvalue weighted by Crippen LogP contribution is 2.23. The van der Waals surface area contributed by atoms with Crippen molar-refractivity contribution in [2.24, 2.45) is 0 Å². The van der Waals surface area contributed by atoms with E-state index in [4.69, 9.17) is 5.26 Å². The Morgan fingerprint density at radius 3 is 2.65 bits per heavy atom. The van der Waals surface area contributed by atoms with E-state index in [0.717, 1.165) is 33.3 Å². The van der Waals surface area contributed by atoms with E-state index in [9.17, 15) is 4.79 Å². The molecule has 1 N–H and O–H groups in total. The van der Waals surface area contributed by atoms with Crippen molar-refractivity contribution < 1.29 is 4.79 Å². The fraction of sp³-hybridized carbons (Fsp3) is 0.182. The molecule has 0 atom stereocenters. The van der Waals surface area contributed by atoms with Gasteiger partial charge in [0.05, 0.1) is 12.5 Å². The minimum absolute atomic E-state index is 0.163. The first-order valence-electron chi connectivity index (χ1n) is 8.59. The topological polar surface area (TPSA) is 57.8 Å². The van der Waals surface area contributed by atoms with Gasteiger partial charge in [-0.1, -0.05) is 24.3 Å². The fourth-order valence-corrected chi connectivity index (χ4v) is 3.16. The van der Waals surface area contributed by atoms with Crippen LogP contribution in [0.4, 0.5) is 5.69 Å². The van der Waals surface area contributed by atoms with Crippen molar-refractivity contribution in [2.45, 2.75) is 26.8 Å². The highest BCUT2D eigenvalue weighted by Gasteiger charge is 2.06. The highest BCUT2D eigenvalue weighted by molar-refractivity contribution is 6.03. The molecule has 1 amide bonds. The van der Waals surface area contributed by atoms with Gasteiger partial charge in [0.25, 0.3) is 0 Å². The minimum Gasteiger partial charge on any atom is -0.346 e. The van der Waals surface area contributed by atoms with E-state index < -0.39 is 0 Å². The van der Waals surface area contributed by atoms with Crippen LogP contribution in [0, 0.1) is 25.2 Å². The molecule has 0 fully saturated rings. The molecule has 3 aromatic rings. The second kappa shape index (κ2) is 7.71.